The van der Waals surface area contributed by atoms with Crippen LogP contribution in [-0.2, 0) is 25.6 Å². The van der Waals surface area contributed by atoms with Gasteiger partial charge >= 0.3 is 5.97 Å². The van der Waals surface area contributed by atoms with E-state index in [-0.39, 0.29) is 12.8 Å². The smallest absolute Gasteiger partial charge is 0.326 e. The number of carbonyl (C=O) groups excluding carboxylic acids is 3. The van der Waals surface area contributed by atoms with Crippen LogP contribution in [-0.4, -0.2) is 86.7 Å². The largest absolute Gasteiger partial charge is 0.480 e. The summed E-state index contributed by atoms with van der Waals surface area (Å²) in [5.41, 5.74) is 5.98. The molecular formula is C17H28N6O6S. The Balaban J connectivity index is 2.71. The Bertz CT molecular complexity index is 716. The van der Waals surface area contributed by atoms with Gasteiger partial charge in [0.25, 0.3) is 0 Å². The number of aliphatic carboxylic acids is 1. The molecule has 0 spiro atoms. The van der Waals surface area contributed by atoms with Crippen molar-refractivity contribution in [2.45, 2.75) is 43.9 Å². The third kappa shape index (κ3) is 8.39. The summed E-state index contributed by atoms with van der Waals surface area (Å²) in [6.07, 6.45) is 4.95. The first-order valence-electron chi connectivity index (χ1n) is 9.16. The van der Waals surface area contributed by atoms with Crippen molar-refractivity contribution >= 4 is 35.5 Å². The summed E-state index contributed by atoms with van der Waals surface area (Å²) in [4.78, 5) is 54.8. The zero-order valence-electron chi connectivity index (χ0n) is 16.8. The van der Waals surface area contributed by atoms with Crippen molar-refractivity contribution in [2.75, 3.05) is 18.6 Å². The molecule has 13 heteroatoms. The maximum absolute atomic E-state index is 12.5. The highest BCUT2D eigenvalue weighted by molar-refractivity contribution is 7.98. The molecule has 4 unspecified atom stereocenters. The Morgan fingerprint density at radius 3 is 2.37 bits per heavy atom. The second kappa shape index (κ2) is 12.8. The van der Waals surface area contributed by atoms with E-state index in [4.69, 9.17) is 10.8 Å². The van der Waals surface area contributed by atoms with Gasteiger partial charge in [-0.05, 0) is 25.4 Å². The predicted molar refractivity (Wildman–Crippen MR) is 109 cm³/mol. The molecule has 0 bridgehead atoms. The van der Waals surface area contributed by atoms with Crippen LogP contribution >= 0.6 is 11.8 Å². The second-order valence-electron chi connectivity index (χ2n) is 6.54. The van der Waals surface area contributed by atoms with E-state index >= 15 is 0 Å². The summed E-state index contributed by atoms with van der Waals surface area (Å²) in [7, 11) is 0. The van der Waals surface area contributed by atoms with Gasteiger partial charge < -0.3 is 36.9 Å². The van der Waals surface area contributed by atoms with Crippen molar-refractivity contribution in [3.63, 3.8) is 0 Å². The van der Waals surface area contributed by atoms with Crippen molar-refractivity contribution in [1.29, 1.82) is 0 Å². The van der Waals surface area contributed by atoms with Crippen LogP contribution in [0.3, 0.4) is 0 Å². The molecule has 0 saturated carbocycles. The van der Waals surface area contributed by atoms with Gasteiger partial charge in [-0.25, -0.2) is 9.78 Å². The lowest BCUT2D eigenvalue weighted by atomic mass is 10.1. The Labute approximate surface area is 177 Å². The van der Waals surface area contributed by atoms with Crippen LogP contribution in [0, 0.1) is 0 Å². The summed E-state index contributed by atoms with van der Waals surface area (Å²) >= 11 is 1.46. The minimum atomic E-state index is -1.24. The highest BCUT2D eigenvalue weighted by atomic mass is 32.2. The van der Waals surface area contributed by atoms with Crippen LogP contribution in [0.1, 0.15) is 19.0 Å². The number of carbonyl (C=O) groups is 4. The number of aromatic amines is 1. The summed E-state index contributed by atoms with van der Waals surface area (Å²) < 4.78 is 0. The Morgan fingerprint density at radius 1 is 1.17 bits per heavy atom. The Kier molecular flexibility index (Phi) is 10.9. The topological polar surface area (TPSA) is 200 Å². The van der Waals surface area contributed by atoms with Crippen molar-refractivity contribution in [3.05, 3.63) is 18.2 Å². The molecule has 12 nitrogen and oxygen atoms in total. The van der Waals surface area contributed by atoms with E-state index in [1.165, 1.54) is 31.2 Å². The Hall–Kier alpha value is -2.64. The third-order valence-electron chi connectivity index (χ3n) is 4.12. The summed E-state index contributed by atoms with van der Waals surface area (Å²) in [5.74, 6) is -2.69. The summed E-state index contributed by atoms with van der Waals surface area (Å²) in [6, 6.07) is -4.40. The van der Waals surface area contributed by atoms with E-state index in [2.05, 4.69) is 25.9 Å². The SMILES string of the molecule is CSCCC(NC(=O)C(N)CO)C(=O)NC(C)C(=O)NC(Cc1cnc[nH]1)C(=O)O. The van der Waals surface area contributed by atoms with Crippen LogP contribution < -0.4 is 21.7 Å². The Morgan fingerprint density at radius 2 is 1.83 bits per heavy atom. The molecule has 168 valence electrons. The minimum absolute atomic E-state index is 0.00675. The van der Waals surface area contributed by atoms with Gasteiger partial charge in [0, 0.05) is 18.3 Å². The number of imidazole rings is 1. The molecule has 8 N–H and O–H groups in total. The number of rotatable bonds is 13. The molecule has 0 saturated heterocycles. The standard InChI is InChI=1S/C17H28N6O6S/c1-9(14(25)23-13(17(28)29)5-10-6-19-8-20-10)21-16(27)12(3-4-30-2)22-15(26)11(18)7-24/h6,8-9,11-13,24H,3-5,7,18H2,1-2H3,(H,19,20)(H,21,27)(H,22,26)(H,23,25)(H,28,29). The number of hydrogen-bond donors (Lipinski definition) is 7. The summed E-state index contributed by atoms with van der Waals surface area (Å²) in [6.45, 7) is 0.823. The van der Waals surface area contributed by atoms with Crippen molar-refractivity contribution < 1.29 is 29.4 Å². The van der Waals surface area contributed by atoms with Gasteiger partial charge in [0.05, 0.1) is 12.9 Å². The number of hydrogen-bond acceptors (Lipinski definition) is 8. The summed E-state index contributed by atoms with van der Waals surface area (Å²) in [5, 5.41) is 25.6. The predicted octanol–water partition coefficient (Wildman–Crippen LogP) is -2.42. The van der Waals surface area contributed by atoms with Gasteiger partial charge in [-0.1, -0.05) is 0 Å². The molecule has 1 aromatic heterocycles. The molecule has 4 atom stereocenters. The monoisotopic (exact) mass is 444 g/mol. The van der Waals surface area contributed by atoms with Gasteiger partial charge in [-0.3, -0.25) is 14.4 Å². The van der Waals surface area contributed by atoms with Gasteiger partial charge in [0.2, 0.25) is 17.7 Å². The van der Waals surface area contributed by atoms with E-state index in [0.29, 0.717) is 11.4 Å². The second-order valence-corrected chi connectivity index (χ2v) is 7.53. The molecule has 0 aliphatic carbocycles. The number of H-pyrrole nitrogens is 1. The minimum Gasteiger partial charge on any atom is -0.480 e. The first-order chi connectivity index (χ1) is 14.2. The van der Waals surface area contributed by atoms with Crippen LogP contribution in [0.15, 0.2) is 12.5 Å². The molecule has 0 aromatic carbocycles. The first kappa shape index (κ1) is 25.4. The number of nitrogens with zero attached hydrogens (tertiary/aromatic N) is 1. The van der Waals surface area contributed by atoms with Crippen LogP contribution in [0.5, 0.6) is 0 Å². The maximum atomic E-state index is 12.5. The number of carboxylic acids is 1. The number of nitrogens with two attached hydrogens (primary N) is 1. The number of aliphatic hydroxyl groups excluding tert-OH is 1. The molecule has 0 aliphatic heterocycles. The highest BCUT2D eigenvalue weighted by Crippen LogP contribution is 2.03. The van der Waals surface area contributed by atoms with E-state index < -0.39 is 54.5 Å². The molecule has 0 radical (unpaired) electrons. The van der Waals surface area contributed by atoms with E-state index in [9.17, 15) is 24.3 Å². The zero-order chi connectivity index (χ0) is 22.7. The van der Waals surface area contributed by atoms with Crippen molar-refractivity contribution in [2.24, 2.45) is 5.73 Å². The lowest BCUT2D eigenvalue weighted by molar-refractivity contribution is -0.142. The van der Waals surface area contributed by atoms with Gasteiger partial charge in [0.15, 0.2) is 0 Å². The quantitative estimate of drug-likeness (QED) is 0.173. The number of thioether (sulfide) groups is 1. The number of aromatic nitrogens is 2. The molecule has 1 rings (SSSR count). The van der Waals surface area contributed by atoms with Gasteiger partial charge in [0.1, 0.15) is 24.2 Å². The molecule has 1 heterocycles. The number of nitrogens with one attached hydrogen (secondary N) is 4. The third-order valence-corrected chi connectivity index (χ3v) is 4.77. The number of aliphatic hydroxyl groups is 1. The maximum Gasteiger partial charge on any atom is 0.326 e. The fraction of sp³-hybridized carbons (Fsp3) is 0.588. The highest BCUT2D eigenvalue weighted by Gasteiger charge is 2.28. The van der Waals surface area contributed by atoms with E-state index in [0.717, 1.165) is 0 Å². The fourth-order valence-corrected chi connectivity index (χ4v) is 2.83. The van der Waals surface area contributed by atoms with Crippen molar-refractivity contribution in [3.8, 4) is 0 Å². The zero-order valence-corrected chi connectivity index (χ0v) is 17.6. The van der Waals surface area contributed by atoms with Crippen molar-refractivity contribution in [1.82, 2.24) is 25.9 Å². The number of amides is 3. The van der Waals surface area contributed by atoms with E-state index in [1.807, 2.05) is 6.26 Å². The van der Waals surface area contributed by atoms with Gasteiger partial charge in [-0.2, -0.15) is 11.8 Å². The fourth-order valence-electron chi connectivity index (χ4n) is 2.36. The molecular weight excluding hydrogens is 416 g/mol. The average molecular weight is 445 g/mol. The molecule has 30 heavy (non-hydrogen) atoms. The van der Waals surface area contributed by atoms with Crippen LogP contribution in [0.25, 0.3) is 0 Å². The number of carboxylic acid groups (broad SMARTS) is 1. The molecule has 0 aliphatic rings. The lowest BCUT2D eigenvalue weighted by Crippen LogP contribution is -2.57. The molecule has 1 aromatic rings. The van der Waals surface area contributed by atoms with Crippen LogP contribution in [0.4, 0.5) is 0 Å². The normalized spacial score (nSPS) is 14.8. The molecule has 3 amide bonds. The molecule has 0 fully saturated rings. The van der Waals surface area contributed by atoms with E-state index in [1.54, 1.807) is 0 Å². The lowest BCUT2D eigenvalue weighted by Gasteiger charge is -2.23. The first-order valence-corrected chi connectivity index (χ1v) is 10.6. The van der Waals surface area contributed by atoms with Gasteiger partial charge in [-0.15, -0.1) is 0 Å². The average Bonchev–Trinajstić information content (AvgIpc) is 3.22. The van der Waals surface area contributed by atoms with Crippen LogP contribution in [0.2, 0.25) is 0 Å².